The molecule has 1 radical (unpaired) electrons. The summed E-state index contributed by atoms with van der Waals surface area (Å²) in [6, 6.07) is 0. The van der Waals surface area contributed by atoms with Crippen LogP contribution in [-0.2, 0) is 17.1 Å². The third-order valence-corrected chi connectivity index (χ3v) is 3.64. The third kappa shape index (κ3) is 9.42. The quantitative estimate of drug-likeness (QED) is 0.176. The van der Waals surface area contributed by atoms with Crippen LogP contribution in [0.3, 0.4) is 0 Å². The van der Waals surface area contributed by atoms with Crippen molar-refractivity contribution in [1.29, 1.82) is 0 Å². The van der Waals surface area contributed by atoms with Gasteiger partial charge in [0.25, 0.3) is 11.6 Å². The van der Waals surface area contributed by atoms with E-state index >= 15 is 0 Å². The molecular formula is C18H30CuN2O2+2. The van der Waals surface area contributed by atoms with Gasteiger partial charge in [-0.2, -0.15) is 0 Å². The minimum Gasteiger partial charge on any atom is -0.291 e. The van der Waals surface area contributed by atoms with Crippen LogP contribution in [0, 0.1) is 11.8 Å². The van der Waals surface area contributed by atoms with Gasteiger partial charge in [-0.05, 0) is 26.7 Å². The van der Waals surface area contributed by atoms with Crippen molar-refractivity contribution in [2.24, 2.45) is 21.8 Å². The first-order valence-corrected chi connectivity index (χ1v) is 7.63. The molecule has 23 heavy (non-hydrogen) atoms. The molecule has 0 aromatic rings. The van der Waals surface area contributed by atoms with Crippen molar-refractivity contribution in [2.45, 2.75) is 40.5 Å². The van der Waals surface area contributed by atoms with E-state index in [9.17, 15) is 9.59 Å². The van der Waals surface area contributed by atoms with Gasteiger partial charge in [0, 0.05) is 42.3 Å². The van der Waals surface area contributed by atoms with Crippen LogP contribution in [0.25, 0.3) is 0 Å². The minimum atomic E-state index is -0.0656. The molecule has 0 fully saturated rings. The van der Waals surface area contributed by atoms with Crippen LogP contribution >= 0.6 is 0 Å². The number of allylic oxidation sites excluding steroid dienone is 2. The van der Waals surface area contributed by atoms with E-state index in [4.69, 9.17) is 0 Å². The van der Waals surface area contributed by atoms with Gasteiger partial charge < -0.3 is 0 Å². The molecule has 2 N–H and O–H groups in total. The van der Waals surface area contributed by atoms with Crippen molar-refractivity contribution in [1.82, 2.24) is 0 Å². The SMILES string of the molecule is C=CCC(C(C)=[OH+])C(C)=NCCN=C(C)C(CC=C)C(C)=[OH+].[Cu]. The molecule has 133 valence electrons. The number of hydrogen-bond acceptors (Lipinski definition) is 2. The number of ketones is 2. The normalized spacial score (nSPS) is 14.4. The molecule has 0 aliphatic carbocycles. The van der Waals surface area contributed by atoms with Gasteiger partial charge in [0.2, 0.25) is 0 Å². The number of aliphatic imine (C=N–C) groups is 2. The second kappa shape index (κ2) is 13.1. The monoisotopic (exact) mass is 369 g/mol. The Hall–Kier alpha value is -1.32. The summed E-state index contributed by atoms with van der Waals surface area (Å²) in [5.74, 6) is 0.586. The zero-order valence-electron chi connectivity index (χ0n) is 14.6. The number of hydrogen-bond donors (Lipinski definition) is 0. The Balaban J connectivity index is 0. The fourth-order valence-electron chi connectivity index (χ4n) is 2.29. The summed E-state index contributed by atoms with van der Waals surface area (Å²) >= 11 is 0. The summed E-state index contributed by atoms with van der Waals surface area (Å²) < 4.78 is 0. The van der Waals surface area contributed by atoms with Crippen molar-refractivity contribution in [3.05, 3.63) is 25.3 Å². The molecule has 4 nitrogen and oxygen atoms in total. The third-order valence-electron chi connectivity index (χ3n) is 3.64. The number of nitrogens with zero attached hydrogens (tertiary/aromatic N) is 2. The summed E-state index contributed by atoms with van der Waals surface area (Å²) in [4.78, 5) is 28.3. The van der Waals surface area contributed by atoms with Gasteiger partial charge >= 0.3 is 0 Å². The first-order valence-electron chi connectivity index (χ1n) is 7.63. The largest absolute Gasteiger partial charge is 0.298 e. The maximum atomic E-state index is 9.67. The second-order valence-corrected chi connectivity index (χ2v) is 5.48. The molecule has 0 heterocycles. The van der Waals surface area contributed by atoms with Gasteiger partial charge in [-0.1, -0.05) is 12.2 Å². The van der Waals surface area contributed by atoms with Crippen LogP contribution in [0.4, 0.5) is 0 Å². The van der Waals surface area contributed by atoms with Crippen LogP contribution in [0.1, 0.15) is 40.5 Å². The minimum absolute atomic E-state index is 0. The van der Waals surface area contributed by atoms with Gasteiger partial charge in [0.1, 0.15) is 11.8 Å². The Bertz CT molecular complexity index is 437. The van der Waals surface area contributed by atoms with Crippen LogP contribution in [0.5, 0.6) is 0 Å². The van der Waals surface area contributed by atoms with Gasteiger partial charge in [-0.25, -0.2) is 0 Å². The van der Waals surface area contributed by atoms with Crippen molar-refractivity contribution in [3.63, 3.8) is 0 Å². The summed E-state index contributed by atoms with van der Waals surface area (Å²) in [5.41, 5.74) is 1.78. The smallest absolute Gasteiger partial charge is 0.291 e. The first kappa shape index (κ1) is 23.9. The number of carbonyl (C=O) groups excluding carboxylic acids is 2. The Kier molecular flexibility index (Phi) is 13.7. The Labute approximate surface area is 150 Å². The molecule has 0 rings (SSSR count). The van der Waals surface area contributed by atoms with E-state index in [1.54, 1.807) is 26.0 Å². The maximum absolute atomic E-state index is 9.67. The Morgan fingerprint density at radius 2 is 1.13 bits per heavy atom. The van der Waals surface area contributed by atoms with Gasteiger partial charge in [-0.3, -0.25) is 19.6 Å². The maximum Gasteiger partial charge on any atom is 0.298 e. The molecule has 0 aliphatic heterocycles. The molecule has 0 amide bonds. The molecule has 0 saturated carbocycles. The van der Waals surface area contributed by atoms with Crippen LogP contribution in [-0.4, -0.2) is 45.7 Å². The summed E-state index contributed by atoms with van der Waals surface area (Å²) in [6.07, 6.45) is 4.93. The average Bonchev–Trinajstić information content (AvgIpc) is 2.45. The molecule has 0 aromatic carbocycles. The van der Waals surface area contributed by atoms with Crippen molar-refractivity contribution in [3.8, 4) is 0 Å². The zero-order chi connectivity index (χ0) is 17.1. The average molecular weight is 370 g/mol. The molecule has 0 bridgehead atoms. The summed E-state index contributed by atoms with van der Waals surface area (Å²) in [6.45, 7) is 15.7. The van der Waals surface area contributed by atoms with E-state index in [2.05, 4.69) is 23.1 Å². The number of rotatable bonds is 11. The fraction of sp³-hybridized carbons (Fsp3) is 0.556. The molecule has 0 saturated heterocycles. The van der Waals surface area contributed by atoms with E-state index in [0.29, 0.717) is 37.5 Å². The summed E-state index contributed by atoms with van der Waals surface area (Å²) in [7, 11) is 0. The molecular weight excluding hydrogens is 340 g/mol. The van der Waals surface area contributed by atoms with Gasteiger partial charge in [-0.15, -0.1) is 13.2 Å². The molecule has 0 spiro atoms. The van der Waals surface area contributed by atoms with E-state index in [1.807, 2.05) is 13.8 Å². The second-order valence-electron chi connectivity index (χ2n) is 5.48. The van der Waals surface area contributed by atoms with Crippen LogP contribution in [0.15, 0.2) is 35.3 Å². The van der Waals surface area contributed by atoms with Crippen molar-refractivity contribution >= 4 is 23.0 Å². The standard InChI is InChI=1S/C18H28N2O2.Cu/c1-7-9-17(15(5)21)13(3)19-11-12-20-14(4)18(10-8-2)16(6)22;/h7-8,17-18H,1-2,9-12H2,3-6H3;/p+2. The predicted octanol–water partition coefficient (Wildman–Crippen LogP) is 3.42. The molecule has 0 aromatic heterocycles. The molecule has 0 aliphatic rings. The van der Waals surface area contributed by atoms with E-state index in [0.717, 1.165) is 11.4 Å². The van der Waals surface area contributed by atoms with E-state index in [-0.39, 0.29) is 28.9 Å². The molecule has 2 unspecified atom stereocenters. The van der Waals surface area contributed by atoms with Crippen LogP contribution < -0.4 is 0 Å². The fourth-order valence-corrected chi connectivity index (χ4v) is 2.29. The van der Waals surface area contributed by atoms with E-state index < -0.39 is 0 Å². The molecule has 5 heteroatoms. The van der Waals surface area contributed by atoms with Gasteiger partial charge in [0.05, 0.1) is 13.1 Å². The van der Waals surface area contributed by atoms with E-state index in [1.165, 1.54) is 0 Å². The van der Waals surface area contributed by atoms with Crippen molar-refractivity contribution in [2.75, 3.05) is 13.1 Å². The Morgan fingerprint density at radius 3 is 1.35 bits per heavy atom. The van der Waals surface area contributed by atoms with Crippen LogP contribution in [0.2, 0.25) is 0 Å². The summed E-state index contributed by atoms with van der Waals surface area (Å²) in [5, 5.41) is 0. The Morgan fingerprint density at radius 1 is 0.826 bits per heavy atom. The first-order chi connectivity index (χ1) is 10.3. The molecule has 2 atom stereocenters. The van der Waals surface area contributed by atoms with Gasteiger partial charge in [0.15, 0.2) is 0 Å². The van der Waals surface area contributed by atoms with Crippen molar-refractivity contribution < 1.29 is 26.7 Å². The zero-order valence-corrected chi connectivity index (χ0v) is 15.6. The predicted molar refractivity (Wildman–Crippen MR) is 97.8 cm³/mol. The topological polar surface area (TPSA) is 67.5 Å².